The van der Waals surface area contributed by atoms with E-state index < -0.39 is 0 Å². The fraction of sp³-hybridized carbons (Fsp3) is 0.364. The molecule has 1 amide bonds. The zero-order chi connectivity index (χ0) is 20.8. The second-order valence-electron chi connectivity index (χ2n) is 7.06. The van der Waals surface area contributed by atoms with Crippen molar-refractivity contribution in [2.24, 2.45) is 0 Å². The first-order valence-corrected chi connectivity index (χ1v) is 11.2. The third-order valence-corrected chi connectivity index (χ3v) is 6.21. The predicted octanol–water partition coefficient (Wildman–Crippen LogP) is 4.51. The van der Waals surface area contributed by atoms with Gasteiger partial charge >= 0.3 is 0 Å². The van der Waals surface area contributed by atoms with Crippen molar-refractivity contribution < 1.29 is 14.3 Å². The summed E-state index contributed by atoms with van der Waals surface area (Å²) in [6.07, 6.45) is 0.855. The van der Waals surface area contributed by atoms with Crippen LogP contribution in [0.3, 0.4) is 0 Å². The van der Waals surface area contributed by atoms with Gasteiger partial charge in [0, 0.05) is 31.2 Å². The van der Waals surface area contributed by atoms with Gasteiger partial charge in [-0.2, -0.15) is 0 Å². The van der Waals surface area contributed by atoms with Crippen molar-refractivity contribution in [2.75, 3.05) is 50.9 Å². The summed E-state index contributed by atoms with van der Waals surface area (Å²) < 4.78 is 12.1. The van der Waals surface area contributed by atoms with Crippen molar-refractivity contribution in [1.82, 2.24) is 9.88 Å². The Morgan fingerprint density at radius 1 is 1.19 bits per heavy atom. The molecular formula is C22H25Cl2N3O3S. The molecule has 2 aromatic carbocycles. The lowest BCUT2D eigenvalue weighted by atomic mass is 10.3. The van der Waals surface area contributed by atoms with Crippen LogP contribution in [0.25, 0.3) is 10.2 Å². The fourth-order valence-electron chi connectivity index (χ4n) is 3.35. The number of hydrogen-bond acceptors (Lipinski definition) is 6. The molecule has 1 aliphatic heterocycles. The van der Waals surface area contributed by atoms with Crippen molar-refractivity contribution in [2.45, 2.75) is 6.42 Å². The highest BCUT2D eigenvalue weighted by Gasteiger charge is 2.21. The maximum absolute atomic E-state index is 13.1. The van der Waals surface area contributed by atoms with Crippen molar-refractivity contribution in [1.29, 1.82) is 0 Å². The number of para-hydroxylation sites is 1. The Morgan fingerprint density at radius 3 is 2.74 bits per heavy atom. The molecule has 0 unspecified atom stereocenters. The van der Waals surface area contributed by atoms with Gasteiger partial charge in [0.15, 0.2) is 11.7 Å². The summed E-state index contributed by atoms with van der Waals surface area (Å²) in [6, 6.07) is 15.0. The van der Waals surface area contributed by atoms with Gasteiger partial charge in [-0.25, -0.2) is 4.98 Å². The van der Waals surface area contributed by atoms with Gasteiger partial charge in [0.1, 0.15) is 5.75 Å². The molecule has 0 N–H and O–H groups in total. The number of fused-ring (bicyclic) bond motifs is 1. The van der Waals surface area contributed by atoms with Crippen molar-refractivity contribution in [3.63, 3.8) is 0 Å². The molecule has 1 saturated heterocycles. The van der Waals surface area contributed by atoms with Crippen LogP contribution in [0.5, 0.6) is 5.75 Å². The summed E-state index contributed by atoms with van der Waals surface area (Å²) in [5.74, 6) is 0.571. The van der Waals surface area contributed by atoms with Gasteiger partial charge < -0.3 is 9.47 Å². The largest absolute Gasteiger partial charge is 0.484 e. The summed E-state index contributed by atoms with van der Waals surface area (Å²) in [6.45, 7) is 4.89. The molecule has 2 heterocycles. The van der Waals surface area contributed by atoms with E-state index >= 15 is 0 Å². The van der Waals surface area contributed by atoms with E-state index in [1.807, 2.05) is 48.5 Å². The molecule has 9 heteroatoms. The van der Waals surface area contributed by atoms with Crippen LogP contribution in [-0.4, -0.2) is 61.8 Å². The number of ether oxygens (including phenoxy) is 2. The minimum Gasteiger partial charge on any atom is -0.484 e. The molecule has 3 aromatic rings. The Morgan fingerprint density at radius 2 is 1.97 bits per heavy atom. The number of benzene rings is 2. The molecule has 0 spiro atoms. The van der Waals surface area contributed by atoms with E-state index in [0.29, 0.717) is 22.4 Å². The van der Waals surface area contributed by atoms with Crippen LogP contribution in [0.1, 0.15) is 6.42 Å². The van der Waals surface area contributed by atoms with E-state index in [0.717, 1.165) is 49.5 Å². The molecule has 4 rings (SSSR count). The molecule has 166 valence electrons. The van der Waals surface area contributed by atoms with Crippen LogP contribution in [0, 0.1) is 0 Å². The molecule has 1 fully saturated rings. The summed E-state index contributed by atoms with van der Waals surface area (Å²) in [4.78, 5) is 21.8. The van der Waals surface area contributed by atoms with Gasteiger partial charge in [-0.3, -0.25) is 14.6 Å². The average Bonchev–Trinajstić information content (AvgIpc) is 3.19. The molecule has 0 radical (unpaired) electrons. The first-order chi connectivity index (χ1) is 14.7. The van der Waals surface area contributed by atoms with Crippen LogP contribution < -0.4 is 9.64 Å². The third-order valence-electron chi connectivity index (χ3n) is 4.94. The number of amides is 1. The second kappa shape index (κ2) is 11.6. The van der Waals surface area contributed by atoms with Gasteiger partial charge in [-0.15, -0.1) is 12.4 Å². The van der Waals surface area contributed by atoms with Gasteiger partial charge in [0.25, 0.3) is 5.91 Å². The molecule has 1 aromatic heterocycles. The Bertz CT molecular complexity index is 981. The third kappa shape index (κ3) is 6.54. The quantitative estimate of drug-likeness (QED) is 0.473. The standard InChI is InChI=1S/C22H24ClN3O3S.ClH/c23-17-7-8-19-20(15-17)30-22(24-19)26(10-4-9-25-11-13-28-14-12-25)21(27)16-29-18-5-2-1-3-6-18;/h1-3,5-8,15H,4,9-14,16H2;1H. The molecule has 0 saturated carbocycles. The van der Waals surface area contributed by atoms with Crippen LogP contribution >= 0.6 is 35.3 Å². The molecule has 0 aliphatic carbocycles. The summed E-state index contributed by atoms with van der Waals surface area (Å²) >= 11 is 7.60. The molecular weight excluding hydrogens is 457 g/mol. The number of carbonyl (C=O) groups is 1. The molecule has 31 heavy (non-hydrogen) atoms. The van der Waals surface area contributed by atoms with Crippen LogP contribution in [-0.2, 0) is 9.53 Å². The highest BCUT2D eigenvalue weighted by Crippen LogP contribution is 2.31. The van der Waals surface area contributed by atoms with E-state index in [1.54, 1.807) is 4.90 Å². The lowest BCUT2D eigenvalue weighted by Crippen LogP contribution is -2.40. The zero-order valence-corrected chi connectivity index (χ0v) is 19.4. The highest BCUT2D eigenvalue weighted by molar-refractivity contribution is 7.22. The lowest BCUT2D eigenvalue weighted by Gasteiger charge is -2.27. The summed E-state index contributed by atoms with van der Waals surface area (Å²) in [5, 5.41) is 1.34. The van der Waals surface area contributed by atoms with Crippen molar-refractivity contribution in [3.8, 4) is 5.75 Å². The van der Waals surface area contributed by atoms with E-state index in [-0.39, 0.29) is 24.9 Å². The van der Waals surface area contributed by atoms with E-state index in [1.165, 1.54) is 11.3 Å². The number of nitrogens with zero attached hydrogens (tertiary/aromatic N) is 3. The Kier molecular flexibility index (Phi) is 8.92. The van der Waals surface area contributed by atoms with Crippen molar-refractivity contribution >= 4 is 56.6 Å². The highest BCUT2D eigenvalue weighted by atomic mass is 35.5. The lowest BCUT2D eigenvalue weighted by molar-refractivity contribution is -0.120. The van der Waals surface area contributed by atoms with E-state index in [4.69, 9.17) is 21.1 Å². The topological polar surface area (TPSA) is 54.9 Å². The van der Waals surface area contributed by atoms with Gasteiger partial charge in [0.2, 0.25) is 0 Å². The maximum Gasteiger partial charge on any atom is 0.266 e. The second-order valence-corrected chi connectivity index (χ2v) is 8.51. The molecule has 0 bridgehead atoms. The number of anilines is 1. The zero-order valence-electron chi connectivity index (χ0n) is 17.0. The van der Waals surface area contributed by atoms with Gasteiger partial charge in [-0.05, 0) is 36.8 Å². The van der Waals surface area contributed by atoms with Crippen LogP contribution in [0.2, 0.25) is 5.02 Å². The van der Waals surface area contributed by atoms with Crippen LogP contribution in [0.4, 0.5) is 5.13 Å². The monoisotopic (exact) mass is 481 g/mol. The average molecular weight is 482 g/mol. The number of halogens is 2. The fourth-order valence-corrected chi connectivity index (χ4v) is 4.63. The number of morpholine rings is 1. The smallest absolute Gasteiger partial charge is 0.266 e. The maximum atomic E-state index is 13.1. The number of hydrogen-bond donors (Lipinski definition) is 0. The van der Waals surface area contributed by atoms with Gasteiger partial charge in [-0.1, -0.05) is 41.1 Å². The molecule has 0 atom stereocenters. The Balaban J connectivity index is 0.00000272. The predicted molar refractivity (Wildman–Crippen MR) is 128 cm³/mol. The number of rotatable bonds is 8. The van der Waals surface area contributed by atoms with E-state index in [2.05, 4.69) is 9.88 Å². The molecule has 6 nitrogen and oxygen atoms in total. The van der Waals surface area contributed by atoms with Crippen LogP contribution in [0.15, 0.2) is 48.5 Å². The number of thiazole rings is 1. The van der Waals surface area contributed by atoms with Gasteiger partial charge in [0.05, 0.1) is 23.4 Å². The SMILES string of the molecule is Cl.O=C(COc1ccccc1)N(CCCN1CCOCC1)c1nc2ccc(Cl)cc2s1. The first kappa shape index (κ1) is 23.8. The normalized spacial score (nSPS) is 14.2. The Labute approximate surface area is 197 Å². The molecule has 1 aliphatic rings. The number of aromatic nitrogens is 1. The summed E-state index contributed by atoms with van der Waals surface area (Å²) in [5.41, 5.74) is 0.842. The van der Waals surface area contributed by atoms with E-state index in [9.17, 15) is 4.79 Å². The first-order valence-electron chi connectivity index (χ1n) is 10.0. The van der Waals surface area contributed by atoms with Crippen molar-refractivity contribution in [3.05, 3.63) is 53.6 Å². The summed E-state index contributed by atoms with van der Waals surface area (Å²) in [7, 11) is 0. The number of carbonyl (C=O) groups excluding carboxylic acids is 1. The minimum absolute atomic E-state index is 0. The minimum atomic E-state index is -0.106. The Hall–Kier alpha value is -1.90.